The van der Waals surface area contributed by atoms with Crippen molar-refractivity contribution in [3.8, 4) is 0 Å². The van der Waals surface area contributed by atoms with E-state index in [4.69, 9.17) is 4.98 Å². The maximum absolute atomic E-state index is 12.9. The van der Waals surface area contributed by atoms with Crippen molar-refractivity contribution in [2.24, 2.45) is 5.92 Å². The van der Waals surface area contributed by atoms with Crippen molar-refractivity contribution in [1.82, 2.24) is 34.2 Å². The van der Waals surface area contributed by atoms with Crippen molar-refractivity contribution >= 4 is 40.9 Å². The van der Waals surface area contributed by atoms with Gasteiger partial charge in [-0.1, -0.05) is 0 Å². The number of carbonyl (C=O) groups excluding carboxylic acids is 3. The molecule has 7 rings (SSSR count). The minimum Gasteiger partial charge on any atom is -0.391 e. The molecule has 3 fully saturated rings. The number of pyridine rings is 1. The molecule has 1 aliphatic heterocycles. The maximum atomic E-state index is 12.9. The van der Waals surface area contributed by atoms with Crippen molar-refractivity contribution in [2.45, 2.75) is 51.2 Å². The van der Waals surface area contributed by atoms with E-state index < -0.39 is 0 Å². The topological polar surface area (TPSA) is 171 Å². The lowest BCUT2D eigenvalue weighted by molar-refractivity contribution is -0.124. The molecule has 4 aromatic rings. The number of anilines is 3. The largest absolute Gasteiger partial charge is 0.391 e. The Kier molecular flexibility index (Phi) is 6.49. The Morgan fingerprint density at radius 3 is 2.70 bits per heavy atom. The first-order valence-electron chi connectivity index (χ1n) is 14.2. The summed E-state index contributed by atoms with van der Waals surface area (Å²) in [6.07, 6.45) is 9.87. The molecular formula is C29H30N10O4. The van der Waals surface area contributed by atoms with E-state index in [0.717, 1.165) is 29.0 Å². The average Bonchev–Trinajstić information content (AvgIpc) is 3.93. The van der Waals surface area contributed by atoms with Gasteiger partial charge in [0.15, 0.2) is 5.65 Å². The minimum atomic E-state index is -0.380. The molecule has 3 N–H and O–H groups in total. The Hall–Kier alpha value is -4.98. The second kappa shape index (κ2) is 10.4. The van der Waals surface area contributed by atoms with Gasteiger partial charge in [-0.15, -0.1) is 0 Å². The van der Waals surface area contributed by atoms with Crippen LogP contribution < -0.4 is 15.5 Å². The SMILES string of the molecule is Cc1ccnc(C2CC2C(=O)Nc2ncc(CO)c(NCc3cn4cc(C5CC5)cc(N5CC(=O)N(C)C5=O)c4n3)n2)n1. The third-order valence-corrected chi connectivity index (χ3v) is 8.11. The molecule has 2 unspecified atom stereocenters. The van der Waals surface area contributed by atoms with Gasteiger partial charge in [0.05, 0.1) is 24.5 Å². The van der Waals surface area contributed by atoms with Gasteiger partial charge >= 0.3 is 6.03 Å². The van der Waals surface area contributed by atoms with Gasteiger partial charge in [0.25, 0.3) is 0 Å². The number of imide groups is 1. The number of imidazole rings is 1. The van der Waals surface area contributed by atoms with Crippen LogP contribution >= 0.6 is 0 Å². The molecular weight excluding hydrogens is 552 g/mol. The van der Waals surface area contributed by atoms with Gasteiger partial charge in [0.2, 0.25) is 17.8 Å². The van der Waals surface area contributed by atoms with Crippen LogP contribution in [0.5, 0.6) is 0 Å². The molecule has 2 aliphatic carbocycles. The number of aryl methyl sites for hydroxylation is 1. The molecule has 0 aromatic carbocycles. The predicted octanol–water partition coefficient (Wildman–Crippen LogP) is 2.35. The van der Waals surface area contributed by atoms with Crippen molar-refractivity contribution in [3.05, 3.63) is 65.3 Å². The molecule has 14 nitrogen and oxygen atoms in total. The molecule has 0 bridgehead atoms. The number of amides is 4. The van der Waals surface area contributed by atoms with Crippen LogP contribution in [0.1, 0.15) is 59.4 Å². The fourth-order valence-electron chi connectivity index (χ4n) is 5.39. The van der Waals surface area contributed by atoms with Crippen molar-refractivity contribution < 1.29 is 19.5 Å². The van der Waals surface area contributed by atoms with E-state index in [2.05, 4.69) is 30.6 Å². The van der Waals surface area contributed by atoms with Crippen LogP contribution in [-0.4, -0.2) is 70.8 Å². The molecule has 220 valence electrons. The molecule has 4 aromatic heterocycles. The number of rotatable bonds is 9. The van der Waals surface area contributed by atoms with Gasteiger partial charge in [-0.2, -0.15) is 4.98 Å². The zero-order chi connectivity index (χ0) is 29.8. The van der Waals surface area contributed by atoms with Crippen LogP contribution in [0.3, 0.4) is 0 Å². The van der Waals surface area contributed by atoms with Crippen LogP contribution in [0.15, 0.2) is 36.9 Å². The highest BCUT2D eigenvalue weighted by Crippen LogP contribution is 2.46. The van der Waals surface area contributed by atoms with Gasteiger partial charge < -0.3 is 14.8 Å². The first-order chi connectivity index (χ1) is 20.8. The van der Waals surface area contributed by atoms with Crippen molar-refractivity contribution in [1.29, 1.82) is 0 Å². The normalized spacial score (nSPS) is 19.8. The van der Waals surface area contributed by atoms with E-state index >= 15 is 0 Å². The summed E-state index contributed by atoms with van der Waals surface area (Å²) in [5, 5.41) is 15.9. The first-order valence-corrected chi connectivity index (χ1v) is 14.2. The second-order valence-electron chi connectivity index (χ2n) is 11.3. The number of likely N-dealkylation sites (N-methyl/N-ethyl adjacent to an activating group) is 1. The zero-order valence-electron chi connectivity index (χ0n) is 23.7. The third-order valence-electron chi connectivity index (χ3n) is 8.11. The van der Waals surface area contributed by atoms with E-state index in [1.54, 1.807) is 6.20 Å². The number of urea groups is 1. The number of hydrogen-bond donors (Lipinski definition) is 3. The lowest BCUT2D eigenvalue weighted by atomic mass is 10.1. The molecule has 0 spiro atoms. The Balaban J connectivity index is 1.09. The van der Waals surface area contributed by atoms with Crippen LogP contribution in [-0.2, 0) is 22.7 Å². The molecule has 14 heteroatoms. The number of carbonyl (C=O) groups is 3. The molecule has 4 amide bonds. The summed E-state index contributed by atoms with van der Waals surface area (Å²) >= 11 is 0. The second-order valence-corrected chi connectivity index (χ2v) is 11.3. The number of aliphatic hydroxyl groups is 1. The Labute approximate surface area is 246 Å². The van der Waals surface area contributed by atoms with Gasteiger partial charge in [-0.3, -0.25) is 24.7 Å². The highest BCUT2D eigenvalue weighted by molar-refractivity contribution is 6.13. The number of fused-ring (bicyclic) bond motifs is 1. The molecule has 2 saturated carbocycles. The number of nitrogens with zero attached hydrogens (tertiary/aromatic N) is 8. The van der Waals surface area contributed by atoms with Gasteiger partial charge in [-0.05, 0) is 49.8 Å². The number of aromatic nitrogens is 6. The third kappa shape index (κ3) is 5.14. The highest BCUT2D eigenvalue weighted by atomic mass is 16.3. The van der Waals surface area contributed by atoms with Gasteiger partial charge in [0, 0.05) is 54.9 Å². The molecule has 0 radical (unpaired) electrons. The summed E-state index contributed by atoms with van der Waals surface area (Å²) in [7, 11) is 1.48. The fourth-order valence-corrected chi connectivity index (χ4v) is 5.39. The van der Waals surface area contributed by atoms with Crippen LogP contribution in [0.25, 0.3) is 5.65 Å². The summed E-state index contributed by atoms with van der Waals surface area (Å²) < 4.78 is 1.89. The summed E-state index contributed by atoms with van der Waals surface area (Å²) in [6, 6.07) is 3.40. The zero-order valence-corrected chi connectivity index (χ0v) is 23.7. The average molecular weight is 583 g/mol. The van der Waals surface area contributed by atoms with Crippen LogP contribution in [0.2, 0.25) is 0 Å². The number of aliphatic hydroxyl groups excluding tert-OH is 1. The lowest BCUT2D eigenvalue weighted by Gasteiger charge is -2.17. The van der Waals surface area contributed by atoms with Gasteiger partial charge in [0.1, 0.15) is 18.2 Å². The minimum absolute atomic E-state index is 0.0333. The summed E-state index contributed by atoms with van der Waals surface area (Å²) in [5.74, 6) is 0.791. The van der Waals surface area contributed by atoms with Crippen molar-refractivity contribution in [2.75, 3.05) is 29.1 Å². The smallest absolute Gasteiger partial charge is 0.331 e. The highest BCUT2D eigenvalue weighted by Gasteiger charge is 2.46. The number of hydrogen-bond acceptors (Lipinski definition) is 10. The molecule has 43 heavy (non-hydrogen) atoms. The summed E-state index contributed by atoms with van der Waals surface area (Å²) in [6.45, 7) is 1.80. The fraction of sp³-hybridized carbons (Fsp3) is 0.379. The monoisotopic (exact) mass is 582 g/mol. The van der Waals surface area contributed by atoms with Crippen molar-refractivity contribution in [3.63, 3.8) is 0 Å². The molecule has 5 heterocycles. The van der Waals surface area contributed by atoms with E-state index in [-0.39, 0.29) is 55.3 Å². The quantitative estimate of drug-likeness (QED) is 0.249. The van der Waals surface area contributed by atoms with E-state index in [0.29, 0.717) is 46.6 Å². The maximum Gasteiger partial charge on any atom is 0.331 e. The predicted molar refractivity (Wildman–Crippen MR) is 154 cm³/mol. The standard InChI is InChI=1S/C29H30N10O4/c1-15-5-6-30-25(33-15)20-8-21(20)27(42)36-28-32-9-18(14-40)24(35-28)31-10-19-12-38-11-17(16-3-4-16)7-22(26(38)34-19)39-13-23(41)37(2)29(39)43/h5-7,9,11-12,16,20-21,40H,3-4,8,10,13-14H2,1-2H3,(H2,31,32,35,36,42). The van der Waals surface area contributed by atoms with E-state index in [9.17, 15) is 19.5 Å². The lowest BCUT2D eigenvalue weighted by Crippen LogP contribution is -2.30. The molecule has 3 aliphatic rings. The van der Waals surface area contributed by atoms with E-state index in [1.165, 1.54) is 18.1 Å². The number of nitrogens with one attached hydrogen (secondary N) is 2. The molecule has 2 atom stereocenters. The Morgan fingerprint density at radius 2 is 1.98 bits per heavy atom. The van der Waals surface area contributed by atoms with E-state index in [1.807, 2.05) is 35.9 Å². The van der Waals surface area contributed by atoms with Gasteiger partial charge in [-0.25, -0.2) is 24.7 Å². The molecule has 1 saturated heterocycles. The van der Waals surface area contributed by atoms with Crippen LogP contribution in [0, 0.1) is 12.8 Å². The first kappa shape index (κ1) is 26.9. The Bertz CT molecular complexity index is 1780. The Morgan fingerprint density at radius 1 is 1.14 bits per heavy atom. The van der Waals surface area contributed by atoms with Crippen LogP contribution in [0.4, 0.5) is 22.2 Å². The summed E-state index contributed by atoms with van der Waals surface area (Å²) in [5.41, 5.74) is 4.22. The summed E-state index contributed by atoms with van der Waals surface area (Å²) in [4.78, 5) is 62.7.